The molecule has 0 radical (unpaired) electrons. The Bertz CT molecular complexity index is 443. The molecule has 0 aliphatic rings. The molecule has 0 saturated carbocycles. The highest BCUT2D eigenvalue weighted by atomic mass is 79.9. The largest absolute Gasteiger partial charge is 0.618 e. The summed E-state index contributed by atoms with van der Waals surface area (Å²) >= 11 is 7.43. The maximum absolute atomic E-state index is 11.1. The average molecular weight is 311 g/mol. The summed E-state index contributed by atoms with van der Waals surface area (Å²) in [6, 6.07) is 0. The lowest BCUT2D eigenvalue weighted by atomic mass is 10.4. The second kappa shape index (κ2) is 2.90. The molecule has 0 amide bonds. The van der Waals surface area contributed by atoms with Gasteiger partial charge in [-0.1, -0.05) is 0 Å². The number of pyridine rings is 1. The summed E-state index contributed by atoms with van der Waals surface area (Å²) in [4.78, 5) is 0. The van der Waals surface area contributed by atoms with Gasteiger partial charge in [-0.2, -0.15) is 13.5 Å². The number of rotatable bonds is 0. The molecule has 0 spiro atoms. The van der Waals surface area contributed by atoms with E-state index in [4.69, 9.17) is 0 Å². The smallest absolute Gasteiger partial charge is 0.288 e. The predicted octanol–water partition coefficient (Wildman–Crippen LogP) is 1.85. The summed E-state index contributed by atoms with van der Waals surface area (Å²) in [6.07, 6.45) is 1.40. The molecule has 0 aromatic carbocycles. The Hall–Kier alpha value is -0.270. The Balaban J connectivity index is 2.97. The van der Waals surface area contributed by atoms with Gasteiger partial charge in [-0.05, 0) is 15.9 Å². The third kappa shape index (κ3) is 1.12. The first-order chi connectivity index (χ1) is 5.70. The minimum Gasteiger partial charge on any atom is -0.618 e. The van der Waals surface area contributed by atoms with Crippen molar-refractivity contribution in [3.63, 3.8) is 0 Å². The average Bonchev–Trinajstić information content (AvgIpc) is 2.48. The number of nitrogens with zero attached hydrogens (tertiary/aromatic N) is 3. The van der Waals surface area contributed by atoms with Crippen LogP contribution in [0.5, 0.6) is 0 Å². The Morgan fingerprint density at radius 1 is 1.33 bits per heavy atom. The topological polar surface area (TPSA) is 52.7 Å². The Morgan fingerprint density at radius 2 is 2.00 bits per heavy atom. The van der Waals surface area contributed by atoms with Crippen LogP contribution < -0.4 is 4.73 Å². The quantitative estimate of drug-likeness (QED) is 0.424. The number of aromatic nitrogens is 3. The van der Waals surface area contributed by atoms with Crippen LogP contribution in [0.2, 0.25) is 0 Å². The Kier molecular flexibility index (Phi) is 2.01. The van der Waals surface area contributed by atoms with Crippen molar-refractivity contribution >= 4 is 54.6 Å². The van der Waals surface area contributed by atoms with Crippen molar-refractivity contribution in [1.82, 2.24) is 8.75 Å². The van der Waals surface area contributed by atoms with Crippen LogP contribution in [0.3, 0.4) is 0 Å². The summed E-state index contributed by atoms with van der Waals surface area (Å²) in [5.41, 5.74) is 1.29. The lowest BCUT2D eigenvalue weighted by molar-refractivity contribution is -0.616. The van der Waals surface area contributed by atoms with Crippen molar-refractivity contribution in [3.05, 3.63) is 20.5 Å². The van der Waals surface area contributed by atoms with Crippen molar-refractivity contribution in [1.29, 1.82) is 0 Å². The van der Waals surface area contributed by atoms with Gasteiger partial charge in [-0.3, -0.25) is 0 Å². The van der Waals surface area contributed by atoms with E-state index in [0.717, 1.165) is 11.7 Å². The van der Waals surface area contributed by atoms with Crippen molar-refractivity contribution in [3.8, 4) is 0 Å². The summed E-state index contributed by atoms with van der Waals surface area (Å²) in [7, 11) is 0. The van der Waals surface area contributed by atoms with Gasteiger partial charge in [0.05, 0.1) is 11.7 Å². The zero-order valence-corrected chi connectivity index (χ0v) is 9.48. The van der Waals surface area contributed by atoms with Crippen molar-refractivity contribution in [2.24, 2.45) is 0 Å². The minimum atomic E-state index is 0.398. The molecule has 2 rings (SSSR count). The zero-order chi connectivity index (χ0) is 8.72. The van der Waals surface area contributed by atoms with E-state index in [9.17, 15) is 5.21 Å². The van der Waals surface area contributed by atoms with Crippen LogP contribution in [0.1, 0.15) is 0 Å². The first-order valence-electron chi connectivity index (χ1n) is 2.89. The molecule has 62 valence electrons. The lowest BCUT2D eigenvalue weighted by Crippen LogP contribution is -2.27. The van der Waals surface area contributed by atoms with Crippen LogP contribution in [0.4, 0.5) is 0 Å². The maximum Gasteiger partial charge on any atom is 0.288 e. The van der Waals surface area contributed by atoms with E-state index < -0.39 is 0 Å². The van der Waals surface area contributed by atoms with E-state index in [1.165, 1.54) is 6.20 Å². The first kappa shape index (κ1) is 8.33. The minimum absolute atomic E-state index is 0.398. The van der Waals surface area contributed by atoms with Gasteiger partial charge in [-0.15, -0.1) is 0 Å². The zero-order valence-electron chi connectivity index (χ0n) is 5.49. The van der Waals surface area contributed by atoms with Gasteiger partial charge in [0.2, 0.25) is 0 Å². The molecular weight excluding hydrogens is 310 g/mol. The summed E-state index contributed by atoms with van der Waals surface area (Å²) in [6.45, 7) is 0. The van der Waals surface area contributed by atoms with E-state index >= 15 is 0 Å². The molecule has 0 aliphatic heterocycles. The first-order valence-corrected chi connectivity index (χ1v) is 5.21. The van der Waals surface area contributed by atoms with Gasteiger partial charge in [0.15, 0.2) is 11.7 Å². The third-order valence-corrected chi connectivity index (χ3v) is 3.17. The molecular formula is C5HBr2N3OS. The molecule has 0 unspecified atom stereocenters. The van der Waals surface area contributed by atoms with Gasteiger partial charge in [0, 0.05) is 15.9 Å². The van der Waals surface area contributed by atoms with E-state index in [1.54, 1.807) is 0 Å². The fourth-order valence-electron chi connectivity index (χ4n) is 0.806. The Morgan fingerprint density at radius 3 is 2.75 bits per heavy atom. The number of hydrogen-bond acceptors (Lipinski definition) is 4. The fraction of sp³-hybridized carbons (Fsp3) is 0. The van der Waals surface area contributed by atoms with Crippen LogP contribution in [0.25, 0.3) is 11.0 Å². The number of fused-ring (bicyclic) bond motifs is 1. The van der Waals surface area contributed by atoms with Gasteiger partial charge >= 0.3 is 0 Å². The van der Waals surface area contributed by atoms with Crippen LogP contribution in [-0.2, 0) is 0 Å². The second-order valence-electron chi connectivity index (χ2n) is 2.06. The van der Waals surface area contributed by atoms with Crippen LogP contribution >= 0.6 is 43.6 Å². The lowest BCUT2D eigenvalue weighted by Gasteiger charge is -1.98. The fourth-order valence-corrected chi connectivity index (χ4v) is 2.44. The molecule has 2 aromatic heterocycles. The molecule has 4 nitrogen and oxygen atoms in total. The summed E-state index contributed by atoms with van der Waals surface area (Å²) in [5.74, 6) is 0. The molecule has 7 heteroatoms. The van der Waals surface area contributed by atoms with Gasteiger partial charge in [0.1, 0.15) is 9.99 Å². The molecule has 0 bridgehead atoms. The van der Waals surface area contributed by atoms with E-state index in [-0.39, 0.29) is 0 Å². The molecule has 0 aliphatic carbocycles. The standard InChI is InChI=1S/C5HBr2N3OS/c6-2-1-10(11)5(7)4-3(2)8-12-9-4/h1H. The molecule has 0 N–H and O–H groups in total. The van der Waals surface area contributed by atoms with Crippen LogP contribution in [0, 0.1) is 5.21 Å². The summed E-state index contributed by atoms with van der Waals surface area (Å²) in [5, 5.41) is 11.1. The van der Waals surface area contributed by atoms with Crippen molar-refractivity contribution < 1.29 is 4.73 Å². The van der Waals surface area contributed by atoms with Crippen molar-refractivity contribution in [2.45, 2.75) is 0 Å². The monoisotopic (exact) mass is 309 g/mol. The van der Waals surface area contributed by atoms with Crippen molar-refractivity contribution in [2.75, 3.05) is 0 Å². The summed E-state index contributed by atoms with van der Waals surface area (Å²) < 4.78 is 9.75. The molecule has 12 heavy (non-hydrogen) atoms. The van der Waals surface area contributed by atoms with Gasteiger partial charge in [0.25, 0.3) is 4.60 Å². The molecule has 0 fully saturated rings. The highest BCUT2D eigenvalue weighted by Gasteiger charge is 2.15. The van der Waals surface area contributed by atoms with E-state index in [1.807, 2.05) is 0 Å². The van der Waals surface area contributed by atoms with Crippen LogP contribution in [-0.4, -0.2) is 8.75 Å². The molecule has 0 saturated heterocycles. The Labute approximate surface area is 88.4 Å². The molecule has 0 atom stereocenters. The second-order valence-corrected chi connectivity index (χ2v) is 4.19. The van der Waals surface area contributed by atoms with Gasteiger partial charge < -0.3 is 5.21 Å². The SMILES string of the molecule is [O-][n+]1cc(Br)c2nsnc2c1Br. The van der Waals surface area contributed by atoms with E-state index in [0.29, 0.717) is 24.8 Å². The number of hydrogen-bond donors (Lipinski definition) is 0. The highest BCUT2D eigenvalue weighted by Crippen LogP contribution is 2.24. The third-order valence-electron chi connectivity index (χ3n) is 1.33. The predicted molar refractivity (Wildman–Crippen MR) is 51.8 cm³/mol. The van der Waals surface area contributed by atoms with E-state index in [2.05, 4.69) is 40.6 Å². The highest BCUT2D eigenvalue weighted by molar-refractivity contribution is 9.11. The van der Waals surface area contributed by atoms with Gasteiger partial charge in [-0.25, -0.2) is 0 Å². The maximum atomic E-state index is 11.1. The normalized spacial score (nSPS) is 10.8. The molecule has 2 heterocycles. The number of halogens is 2. The molecule has 2 aromatic rings. The van der Waals surface area contributed by atoms with Crippen LogP contribution in [0.15, 0.2) is 15.3 Å².